The molecule has 86 valence electrons. The van der Waals surface area contributed by atoms with Crippen LogP contribution in [0.4, 0.5) is 0 Å². The van der Waals surface area contributed by atoms with Crippen molar-refractivity contribution < 1.29 is 4.79 Å². The van der Waals surface area contributed by atoms with E-state index < -0.39 is 0 Å². The number of carbonyl (C=O) groups is 1. The van der Waals surface area contributed by atoms with E-state index in [1.807, 2.05) is 24.3 Å². The molecule has 1 aromatic rings. The number of carbonyl (C=O) groups excluding carboxylic acids is 1. The summed E-state index contributed by atoms with van der Waals surface area (Å²) in [6.07, 6.45) is 2.70. The van der Waals surface area contributed by atoms with Crippen LogP contribution in [0, 0.1) is 0 Å². The summed E-state index contributed by atoms with van der Waals surface area (Å²) in [5.41, 5.74) is 1.25. The molecule has 3 heteroatoms. The Labute approximate surface area is 101 Å². The second-order valence-electron chi connectivity index (χ2n) is 3.39. The summed E-state index contributed by atoms with van der Waals surface area (Å²) in [7, 11) is 0. The molecule has 1 N–H and O–H groups in total. The zero-order chi connectivity index (χ0) is 11.6. The molecular weight excluding hydrogens is 218 g/mol. The minimum Gasteiger partial charge on any atom is -0.355 e. The quantitative estimate of drug-likeness (QED) is 0.580. The summed E-state index contributed by atoms with van der Waals surface area (Å²) in [5.74, 6) is 1.44. The first-order chi connectivity index (χ1) is 7.83. The molecule has 0 radical (unpaired) electrons. The van der Waals surface area contributed by atoms with Gasteiger partial charge in [0.1, 0.15) is 0 Å². The number of amides is 1. The summed E-state index contributed by atoms with van der Waals surface area (Å²) < 4.78 is 0. The third kappa shape index (κ3) is 5.61. The van der Waals surface area contributed by atoms with Crippen molar-refractivity contribution in [2.75, 3.05) is 18.1 Å². The Kier molecular flexibility index (Phi) is 6.42. The molecule has 0 bridgehead atoms. The van der Waals surface area contributed by atoms with E-state index in [1.165, 1.54) is 5.56 Å². The summed E-state index contributed by atoms with van der Waals surface area (Å²) >= 11 is 1.58. The normalized spacial score (nSPS) is 9.75. The van der Waals surface area contributed by atoms with Crippen LogP contribution >= 0.6 is 11.8 Å². The van der Waals surface area contributed by atoms with E-state index in [-0.39, 0.29) is 5.91 Å². The smallest absolute Gasteiger partial charge is 0.230 e. The molecule has 0 aliphatic rings. The Bertz CT molecular complexity index is 324. The van der Waals surface area contributed by atoms with Gasteiger partial charge in [-0.1, -0.05) is 36.4 Å². The van der Waals surface area contributed by atoms with E-state index in [9.17, 15) is 4.79 Å². The Balaban J connectivity index is 2.11. The van der Waals surface area contributed by atoms with E-state index in [0.717, 1.165) is 12.2 Å². The van der Waals surface area contributed by atoms with Gasteiger partial charge in [0.05, 0.1) is 5.75 Å². The molecule has 0 fully saturated rings. The van der Waals surface area contributed by atoms with Crippen molar-refractivity contribution in [3.63, 3.8) is 0 Å². The topological polar surface area (TPSA) is 29.1 Å². The summed E-state index contributed by atoms with van der Waals surface area (Å²) in [5, 5.41) is 2.90. The first-order valence-electron chi connectivity index (χ1n) is 5.32. The molecule has 0 saturated heterocycles. The molecule has 0 atom stereocenters. The van der Waals surface area contributed by atoms with Gasteiger partial charge >= 0.3 is 0 Å². The van der Waals surface area contributed by atoms with Crippen LogP contribution in [0.25, 0.3) is 0 Å². The molecule has 0 unspecified atom stereocenters. The maximum atomic E-state index is 11.3. The van der Waals surface area contributed by atoms with Gasteiger partial charge in [0, 0.05) is 12.3 Å². The van der Waals surface area contributed by atoms with Crippen LogP contribution in [0.3, 0.4) is 0 Å². The monoisotopic (exact) mass is 235 g/mol. The third-order valence-corrected chi connectivity index (χ3v) is 2.99. The molecule has 0 heterocycles. The zero-order valence-electron chi connectivity index (χ0n) is 9.32. The SMILES string of the molecule is C=CCSCC(=O)NCCc1ccccc1. The number of nitrogens with one attached hydrogen (secondary N) is 1. The maximum absolute atomic E-state index is 11.3. The number of thioether (sulfide) groups is 1. The Morgan fingerprint density at radius 1 is 1.38 bits per heavy atom. The number of hydrogen-bond donors (Lipinski definition) is 1. The zero-order valence-corrected chi connectivity index (χ0v) is 10.1. The fourth-order valence-corrected chi connectivity index (χ4v) is 1.85. The number of benzene rings is 1. The molecule has 0 saturated carbocycles. The minimum absolute atomic E-state index is 0.0998. The summed E-state index contributed by atoms with van der Waals surface area (Å²) in [6, 6.07) is 10.2. The highest BCUT2D eigenvalue weighted by molar-refractivity contribution is 8.00. The molecule has 1 rings (SSSR count). The van der Waals surface area contributed by atoms with Crippen LogP contribution in [0.5, 0.6) is 0 Å². The van der Waals surface area contributed by atoms with Gasteiger partial charge in [-0.2, -0.15) is 0 Å². The van der Waals surface area contributed by atoms with Gasteiger partial charge in [0.15, 0.2) is 0 Å². The highest BCUT2D eigenvalue weighted by Crippen LogP contribution is 2.00. The predicted molar refractivity (Wildman–Crippen MR) is 70.7 cm³/mol. The van der Waals surface area contributed by atoms with Crippen molar-refractivity contribution in [2.45, 2.75) is 6.42 Å². The van der Waals surface area contributed by atoms with Crippen LogP contribution in [0.1, 0.15) is 5.56 Å². The van der Waals surface area contributed by atoms with Gasteiger partial charge < -0.3 is 5.32 Å². The van der Waals surface area contributed by atoms with Crippen molar-refractivity contribution in [3.8, 4) is 0 Å². The van der Waals surface area contributed by atoms with Crippen LogP contribution in [-0.2, 0) is 11.2 Å². The van der Waals surface area contributed by atoms with Gasteiger partial charge in [-0.15, -0.1) is 18.3 Å². The van der Waals surface area contributed by atoms with Crippen LogP contribution in [0.2, 0.25) is 0 Å². The number of rotatable bonds is 7. The van der Waals surface area contributed by atoms with Crippen LogP contribution < -0.4 is 5.32 Å². The van der Waals surface area contributed by atoms with Crippen LogP contribution in [0.15, 0.2) is 43.0 Å². The largest absolute Gasteiger partial charge is 0.355 e. The molecule has 0 aliphatic heterocycles. The lowest BCUT2D eigenvalue weighted by Gasteiger charge is -2.04. The second kappa shape index (κ2) is 7.99. The molecule has 0 spiro atoms. The van der Waals surface area contributed by atoms with Gasteiger partial charge in [-0.3, -0.25) is 4.79 Å². The molecule has 2 nitrogen and oxygen atoms in total. The highest BCUT2D eigenvalue weighted by atomic mass is 32.2. The van der Waals surface area contributed by atoms with Crippen molar-refractivity contribution in [2.24, 2.45) is 0 Å². The minimum atomic E-state index is 0.0998. The number of hydrogen-bond acceptors (Lipinski definition) is 2. The first-order valence-corrected chi connectivity index (χ1v) is 6.47. The molecule has 0 aromatic heterocycles. The van der Waals surface area contributed by atoms with Crippen molar-refractivity contribution in [1.29, 1.82) is 0 Å². The lowest BCUT2D eigenvalue weighted by atomic mass is 10.1. The molecule has 1 amide bonds. The Morgan fingerprint density at radius 2 is 2.12 bits per heavy atom. The van der Waals surface area contributed by atoms with E-state index in [0.29, 0.717) is 12.3 Å². The van der Waals surface area contributed by atoms with Gasteiger partial charge in [0.2, 0.25) is 5.91 Å². The molecule has 0 aliphatic carbocycles. The highest BCUT2D eigenvalue weighted by Gasteiger charge is 1.99. The molecule has 1 aromatic carbocycles. The van der Waals surface area contributed by atoms with Crippen molar-refractivity contribution in [3.05, 3.63) is 48.6 Å². The standard InChI is InChI=1S/C13H17NOS/c1-2-10-16-11-13(15)14-9-8-12-6-4-3-5-7-12/h2-7H,1,8-11H2,(H,14,15). The van der Waals surface area contributed by atoms with E-state index in [4.69, 9.17) is 0 Å². The molecule has 16 heavy (non-hydrogen) atoms. The first kappa shape index (κ1) is 12.8. The van der Waals surface area contributed by atoms with Gasteiger partial charge in [0.25, 0.3) is 0 Å². The third-order valence-electron chi connectivity index (χ3n) is 2.05. The van der Waals surface area contributed by atoms with Crippen LogP contribution in [-0.4, -0.2) is 24.0 Å². The predicted octanol–water partition coefficient (Wildman–Crippen LogP) is 2.26. The van der Waals surface area contributed by atoms with E-state index in [2.05, 4.69) is 24.0 Å². The van der Waals surface area contributed by atoms with Crippen molar-refractivity contribution >= 4 is 17.7 Å². The molecular formula is C13H17NOS. The van der Waals surface area contributed by atoms with Gasteiger partial charge in [-0.25, -0.2) is 0 Å². The average molecular weight is 235 g/mol. The van der Waals surface area contributed by atoms with Crippen molar-refractivity contribution in [1.82, 2.24) is 5.32 Å². The lowest BCUT2D eigenvalue weighted by Crippen LogP contribution is -2.27. The summed E-state index contributed by atoms with van der Waals surface area (Å²) in [6.45, 7) is 4.31. The summed E-state index contributed by atoms with van der Waals surface area (Å²) in [4.78, 5) is 11.3. The van der Waals surface area contributed by atoms with E-state index in [1.54, 1.807) is 11.8 Å². The Hall–Kier alpha value is -1.22. The average Bonchev–Trinajstić information content (AvgIpc) is 2.31. The fraction of sp³-hybridized carbons (Fsp3) is 0.308. The van der Waals surface area contributed by atoms with Gasteiger partial charge in [-0.05, 0) is 12.0 Å². The van der Waals surface area contributed by atoms with E-state index >= 15 is 0 Å². The fourth-order valence-electron chi connectivity index (χ4n) is 1.28. The Morgan fingerprint density at radius 3 is 2.81 bits per heavy atom. The lowest BCUT2D eigenvalue weighted by molar-refractivity contribution is -0.118. The maximum Gasteiger partial charge on any atom is 0.230 e. The second-order valence-corrected chi connectivity index (χ2v) is 4.42.